The molecule has 0 aliphatic rings. The van der Waals surface area contributed by atoms with Crippen LogP contribution in [0.2, 0.25) is 0 Å². The number of ether oxygens (including phenoxy) is 2. The van der Waals surface area contributed by atoms with Gasteiger partial charge in [0.1, 0.15) is 28.9 Å². The minimum absolute atomic E-state index is 0.0660. The number of methoxy groups -OCH3 is 1. The lowest BCUT2D eigenvalue weighted by molar-refractivity contribution is 0.0952. The highest BCUT2D eigenvalue weighted by Gasteiger charge is 2.21. The van der Waals surface area contributed by atoms with Gasteiger partial charge in [0.15, 0.2) is 0 Å². The van der Waals surface area contributed by atoms with E-state index in [1.807, 2.05) is 54.8 Å². The fourth-order valence-electron chi connectivity index (χ4n) is 3.64. The van der Waals surface area contributed by atoms with Crippen molar-refractivity contribution in [1.82, 2.24) is 14.9 Å². The third kappa shape index (κ3) is 5.51. The van der Waals surface area contributed by atoms with E-state index >= 15 is 0 Å². The quantitative estimate of drug-likeness (QED) is 0.280. The fourth-order valence-corrected chi connectivity index (χ4v) is 4.33. The highest BCUT2D eigenvalue weighted by molar-refractivity contribution is 7.09. The molecule has 8 heteroatoms. The topological polar surface area (TPSA) is 78.5 Å². The Bertz CT molecular complexity index is 1210. The fraction of sp³-hybridized carbons (Fsp3) is 0.308. The van der Waals surface area contributed by atoms with E-state index < -0.39 is 0 Å². The summed E-state index contributed by atoms with van der Waals surface area (Å²) in [6, 6.07) is 13.2. The van der Waals surface area contributed by atoms with E-state index in [4.69, 9.17) is 18.9 Å². The third-order valence-corrected chi connectivity index (χ3v) is 6.38. The second-order valence-electron chi connectivity index (χ2n) is 7.89. The Morgan fingerprint density at radius 3 is 2.71 bits per heavy atom. The lowest BCUT2D eigenvalue weighted by Crippen LogP contribution is -2.24. The number of thiazole rings is 1. The van der Waals surface area contributed by atoms with Crippen LogP contribution in [0.15, 0.2) is 58.5 Å². The second-order valence-corrected chi connectivity index (χ2v) is 8.84. The lowest BCUT2D eigenvalue weighted by atomic mass is 10.2. The molecule has 3 aromatic heterocycles. The van der Waals surface area contributed by atoms with Gasteiger partial charge < -0.3 is 23.8 Å². The SMILES string of the molecule is CCCCNC(=O)c1cc(-c2csc(COc3ccc(OC)cc3)n2)n(Cc2ccco2)c1C. The molecule has 0 radical (unpaired) electrons. The molecule has 178 valence electrons. The molecule has 0 aliphatic carbocycles. The Balaban J connectivity index is 1.56. The zero-order chi connectivity index (χ0) is 23.9. The number of nitrogens with zero attached hydrogens (tertiary/aromatic N) is 2. The van der Waals surface area contributed by atoms with Gasteiger partial charge in [-0.05, 0) is 55.8 Å². The molecule has 1 aromatic carbocycles. The molecule has 0 saturated carbocycles. The summed E-state index contributed by atoms with van der Waals surface area (Å²) in [5.41, 5.74) is 3.22. The van der Waals surface area contributed by atoms with Gasteiger partial charge in [-0.1, -0.05) is 13.3 Å². The highest BCUT2D eigenvalue weighted by Crippen LogP contribution is 2.29. The molecule has 3 heterocycles. The molecule has 34 heavy (non-hydrogen) atoms. The van der Waals surface area contributed by atoms with Crippen LogP contribution in [0.1, 0.15) is 46.6 Å². The Labute approximate surface area is 203 Å². The lowest BCUT2D eigenvalue weighted by Gasteiger charge is -2.09. The highest BCUT2D eigenvalue weighted by atomic mass is 32.1. The summed E-state index contributed by atoms with van der Waals surface area (Å²) in [6.45, 7) is 5.61. The van der Waals surface area contributed by atoms with Gasteiger partial charge in [0.25, 0.3) is 5.91 Å². The van der Waals surface area contributed by atoms with Gasteiger partial charge in [-0.2, -0.15) is 0 Å². The summed E-state index contributed by atoms with van der Waals surface area (Å²) in [6.07, 6.45) is 3.64. The van der Waals surface area contributed by atoms with Crippen molar-refractivity contribution in [2.45, 2.75) is 39.8 Å². The van der Waals surface area contributed by atoms with E-state index in [0.717, 1.165) is 52.2 Å². The molecule has 0 saturated heterocycles. The predicted molar refractivity (Wildman–Crippen MR) is 133 cm³/mol. The van der Waals surface area contributed by atoms with Gasteiger partial charge in [-0.25, -0.2) is 4.98 Å². The maximum Gasteiger partial charge on any atom is 0.253 e. The van der Waals surface area contributed by atoms with Crippen molar-refractivity contribution in [1.29, 1.82) is 0 Å². The summed E-state index contributed by atoms with van der Waals surface area (Å²) in [5.74, 6) is 2.28. The van der Waals surface area contributed by atoms with Crippen LogP contribution in [0, 0.1) is 6.92 Å². The van der Waals surface area contributed by atoms with Crippen molar-refractivity contribution in [3.63, 3.8) is 0 Å². The Kier molecular flexibility index (Phi) is 7.69. The van der Waals surface area contributed by atoms with Gasteiger partial charge in [0.2, 0.25) is 0 Å². The summed E-state index contributed by atoms with van der Waals surface area (Å²) in [5, 5.41) is 5.87. The molecule has 0 spiro atoms. The number of carbonyl (C=O) groups is 1. The zero-order valence-corrected chi connectivity index (χ0v) is 20.5. The van der Waals surface area contributed by atoms with Crippen molar-refractivity contribution >= 4 is 17.2 Å². The number of nitrogens with one attached hydrogen (secondary N) is 1. The average Bonchev–Trinajstić information content (AvgIpc) is 3.60. The van der Waals surface area contributed by atoms with Crippen molar-refractivity contribution in [2.75, 3.05) is 13.7 Å². The van der Waals surface area contributed by atoms with Crippen LogP contribution >= 0.6 is 11.3 Å². The molecule has 1 amide bonds. The normalized spacial score (nSPS) is 10.9. The first kappa shape index (κ1) is 23.6. The van der Waals surface area contributed by atoms with Gasteiger partial charge in [0, 0.05) is 17.6 Å². The maximum atomic E-state index is 12.9. The number of benzene rings is 1. The second kappa shape index (κ2) is 11.1. The van der Waals surface area contributed by atoms with Gasteiger partial charge >= 0.3 is 0 Å². The van der Waals surface area contributed by atoms with E-state index in [9.17, 15) is 4.79 Å². The van der Waals surface area contributed by atoms with Crippen LogP contribution in [-0.4, -0.2) is 29.1 Å². The molecular weight excluding hydrogens is 450 g/mol. The monoisotopic (exact) mass is 479 g/mol. The zero-order valence-electron chi connectivity index (χ0n) is 19.7. The minimum atomic E-state index is -0.0660. The number of unbranched alkanes of at least 4 members (excludes halogenated alkanes) is 1. The smallest absolute Gasteiger partial charge is 0.253 e. The number of aromatic nitrogens is 2. The standard InChI is InChI=1S/C26H29N3O4S/c1-4-5-12-27-26(30)22-14-24(29(18(22)2)15-21-7-6-13-32-21)23-17-34-25(28-23)16-33-20-10-8-19(31-3)9-11-20/h6-11,13-14,17H,4-5,12,15-16H2,1-3H3,(H,27,30). The Hall–Kier alpha value is -3.52. The molecule has 4 aromatic rings. The Morgan fingerprint density at radius 2 is 2.00 bits per heavy atom. The number of furan rings is 1. The van der Waals surface area contributed by atoms with Crippen molar-refractivity contribution in [3.05, 3.63) is 76.1 Å². The molecule has 0 unspecified atom stereocenters. The molecule has 7 nitrogen and oxygen atoms in total. The number of hydrogen-bond acceptors (Lipinski definition) is 6. The first-order valence-corrected chi connectivity index (χ1v) is 12.2. The van der Waals surface area contributed by atoms with Gasteiger partial charge in [-0.15, -0.1) is 11.3 Å². The van der Waals surface area contributed by atoms with Gasteiger partial charge in [-0.3, -0.25) is 4.79 Å². The number of carbonyl (C=O) groups excluding carboxylic acids is 1. The van der Waals surface area contributed by atoms with Crippen molar-refractivity contribution < 1.29 is 18.7 Å². The predicted octanol–water partition coefficient (Wildman–Crippen LogP) is 5.68. The van der Waals surface area contributed by atoms with E-state index in [1.165, 1.54) is 11.3 Å². The molecule has 0 atom stereocenters. The van der Waals surface area contributed by atoms with Crippen molar-refractivity contribution in [2.24, 2.45) is 0 Å². The third-order valence-electron chi connectivity index (χ3n) is 5.56. The maximum absolute atomic E-state index is 12.9. The van der Waals surface area contributed by atoms with Gasteiger partial charge in [0.05, 0.1) is 36.9 Å². The van der Waals surface area contributed by atoms with Crippen LogP contribution in [0.3, 0.4) is 0 Å². The van der Waals surface area contributed by atoms with Crippen LogP contribution in [0.25, 0.3) is 11.4 Å². The van der Waals surface area contributed by atoms with Crippen molar-refractivity contribution in [3.8, 4) is 22.9 Å². The summed E-state index contributed by atoms with van der Waals surface area (Å²) in [7, 11) is 1.64. The van der Waals surface area contributed by atoms with E-state index in [-0.39, 0.29) is 5.91 Å². The number of hydrogen-bond donors (Lipinski definition) is 1. The molecule has 0 fully saturated rings. The van der Waals surface area contributed by atoms with Crippen LogP contribution in [0.5, 0.6) is 11.5 Å². The molecule has 0 aliphatic heterocycles. The minimum Gasteiger partial charge on any atom is -0.497 e. The Morgan fingerprint density at radius 1 is 1.21 bits per heavy atom. The van der Waals surface area contributed by atoms with E-state index in [1.54, 1.807) is 13.4 Å². The van der Waals surface area contributed by atoms with Crippen LogP contribution in [-0.2, 0) is 13.2 Å². The average molecular weight is 480 g/mol. The van der Waals surface area contributed by atoms with Crippen LogP contribution < -0.4 is 14.8 Å². The first-order chi connectivity index (χ1) is 16.6. The molecule has 0 bridgehead atoms. The van der Waals surface area contributed by atoms with Crippen LogP contribution in [0.4, 0.5) is 0 Å². The van der Waals surface area contributed by atoms with E-state index in [2.05, 4.69) is 16.8 Å². The summed E-state index contributed by atoms with van der Waals surface area (Å²) < 4.78 is 18.7. The summed E-state index contributed by atoms with van der Waals surface area (Å²) in [4.78, 5) is 17.6. The molecule has 4 rings (SSSR count). The number of amides is 1. The number of rotatable bonds is 11. The van der Waals surface area contributed by atoms with E-state index in [0.29, 0.717) is 25.3 Å². The largest absolute Gasteiger partial charge is 0.497 e. The molecular formula is C26H29N3O4S. The molecule has 1 N–H and O–H groups in total. The summed E-state index contributed by atoms with van der Waals surface area (Å²) >= 11 is 1.53. The first-order valence-electron chi connectivity index (χ1n) is 11.3.